The summed E-state index contributed by atoms with van der Waals surface area (Å²) >= 11 is 0. The van der Waals surface area contributed by atoms with E-state index in [2.05, 4.69) is 37.7 Å². The first-order chi connectivity index (χ1) is 27.1. The van der Waals surface area contributed by atoms with Crippen LogP contribution in [0.5, 0.6) is 0 Å². The summed E-state index contributed by atoms with van der Waals surface area (Å²) in [6.45, 7) is 4.15. The van der Waals surface area contributed by atoms with Gasteiger partial charge in [0.25, 0.3) is 0 Å². The first-order valence-electron chi connectivity index (χ1n) is 19.2. The lowest BCUT2D eigenvalue weighted by Gasteiger charge is -2.18. The van der Waals surface area contributed by atoms with E-state index in [-0.39, 0.29) is 17.4 Å². The normalized spacial score (nSPS) is 22.7. The Morgan fingerprint density at radius 2 is 1.20 bits per heavy atom. The van der Waals surface area contributed by atoms with Gasteiger partial charge in [0.2, 0.25) is 11.8 Å². The molecule has 2 saturated heterocycles. The molecule has 4 fully saturated rings. The van der Waals surface area contributed by atoms with Crippen LogP contribution in [0, 0.1) is 23.7 Å². The highest BCUT2D eigenvalue weighted by Crippen LogP contribution is 2.47. The summed E-state index contributed by atoms with van der Waals surface area (Å²) in [5.74, 6) is 1.99. The molecule has 2 amide bonds. The van der Waals surface area contributed by atoms with E-state index in [1.165, 1.54) is 10.9 Å². The molecule has 5 aromatic rings. The van der Waals surface area contributed by atoms with Crippen molar-refractivity contribution in [2.45, 2.75) is 64.2 Å². The van der Waals surface area contributed by atoms with Gasteiger partial charge in [0.15, 0.2) is 11.5 Å². The third-order valence-corrected chi connectivity index (χ3v) is 11.7. The predicted molar refractivity (Wildman–Crippen MR) is 201 cm³/mol. The number of amides is 2. The van der Waals surface area contributed by atoms with Crippen molar-refractivity contribution in [1.82, 2.24) is 44.8 Å². The number of likely N-dealkylation sites (tertiary alicyclic amines) is 2. The Bertz CT molecular complexity index is 2320. The van der Waals surface area contributed by atoms with Gasteiger partial charge in [-0.05, 0) is 77.3 Å². The van der Waals surface area contributed by atoms with Gasteiger partial charge in [-0.15, -0.1) is 10.2 Å². The van der Waals surface area contributed by atoms with Crippen LogP contribution >= 0.6 is 0 Å². The molecule has 15 heteroatoms. The minimum absolute atomic E-state index is 0.000369. The smallest absolute Gasteiger partial charge is 0.358 e. The average Bonchev–Trinajstić information content (AvgIpc) is 3.75. The highest BCUT2D eigenvalue weighted by atomic mass is 16.4. The maximum Gasteiger partial charge on any atom is 0.358 e. The second-order valence-electron chi connectivity index (χ2n) is 15.8. The Morgan fingerprint density at radius 3 is 1.68 bits per heavy atom. The lowest BCUT2D eigenvalue weighted by molar-refractivity contribution is -0.131. The number of rotatable bonds is 12. The number of benzene rings is 2. The Morgan fingerprint density at radius 1 is 0.696 bits per heavy atom. The highest BCUT2D eigenvalue weighted by molar-refractivity contribution is 5.94. The molecule has 5 atom stereocenters. The van der Waals surface area contributed by atoms with E-state index in [0.29, 0.717) is 79.6 Å². The van der Waals surface area contributed by atoms with E-state index in [0.717, 1.165) is 72.3 Å². The number of aryl methyl sites for hydroxylation is 1. The summed E-state index contributed by atoms with van der Waals surface area (Å²) in [7, 11) is 0. The third kappa shape index (κ3) is 7.53. The summed E-state index contributed by atoms with van der Waals surface area (Å²) in [5.41, 5.74) is 12.6. The van der Waals surface area contributed by atoms with Crippen molar-refractivity contribution >= 4 is 29.4 Å². The minimum Gasteiger partial charge on any atom is -0.476 e. The number of nitrogen functional groups attached to an aromatic ring is 1. The number of anilines is 1. The first kappa shape index (κ1) is 35.5. The van der Waals surface area contributed by atoms with E-state index in [9.17, 15) is 19.2 Å². The molecule has 0 bridgehead atoms. The van der Waals surface area contributed by atoms with Gasteiger partial charge in [-0.3, -0.25) is 14.4 Å². The molecule has 2 aromatic carbocycles. The Hall–Kier alpha value is -6.25. The SMILES string of the molecule is Nc1ccc2c(n1)CCC2CC(=O)c1cn(Cc2ccc(CN3CC4CC4C3=O)cc2)nn1.O=C(O)c1cn(Cc2ccc(CN3CC4CC4C3=O)cc2)nn1. The molecule has 3 N–H and O–H groups in total. The monoisotopic (exact) mass is 754 g/mol. The maximum atomic E-state index is 12.8. The second kappa shape index (κ2) is 14.4. The molecule has 0 radical (unpaired) electrons. The number of aromatic carboxylic acids is 1. The molecular weight excluding hydrogens is 713 g/mol. The standard InChI is InChI=1S/C25H26N6O2.C16H16N4O3/c26-24-8-6-19-17(5-7-21(19)27-24)10-23(32)22-14-31(29-28-22)12-16-3-1-15(2-4-16)11-30-13-18-9-20(18)25(30)33;21-15-13-5-12(13)8-19(15)6-10-1-3-11(4-2-10)7-20-9-14(16(22)23)17-18-20/h1-4,6,8,14,17-18,20H,5,7,9-13H2,(H2,26,27);1-4,9,12-13H,5-8H2,(H,22,23). The molecule has 5 aliphatic rings. The quantitative estimate of drug-likeness (QED) is 0.177. The molecule has 10 rings (SSSR count). The largest absolute Gasteiger partial charge is 0.476 e. The Kier molecular flexibility index (Phi) is 9.14. The average molecular weight is 755 g/mol. The minimum atomic E-state index is -1.08. The number of aromatic nitrogens is 7. The number of Topliss-reactive ketones (excluding diaryl/α,β-unsaturated/α-hetero) is 1. The van der Waals surface area contributed by atoms with E-state index >= 15 is 0 Å². The fourth-order valence-electron chi connectivity index (χ4n) is 8.40. The number of carbonyl (C=O) groups excluding carboxylic acids is 3. The van der Waals surface area contributed by atoms with Gasteiger partial charge in [0, 0.05) is 50.1 Å². The van der Waals surface area contributed by atoms with Crippen molar-refractivity contribution in [3.8, 4) is 0 Å². The fourth-order valence-corrected chi connectivity index (χ4v) is 8.40. The predicted octanol–water partition coefficient (Wildman–Crippen LogP) is 3.59. The van der Waals surface area contributed by atoms with E-state index in [4.69, 9.17) is 10.8 Å². The van der Waals surface area contributed by atoms with Crippen molar-refractivity contribution < 1.29 is 24.3 Å². The van der Waals surface area contributed by atoms with Crippen LogP contribution in [0.15, 0.2) is 73.1 Å². The van der Waals surface area contributed by atoms with Crippen LogP contribution in [-0.4, -0.2) is 86.5 Å². The van der Waals surface area contributed by atoms with E-state index in [1.54, 1.807) is 16.9 Å². The number of fused-ring (bicyclic) bond motifs is 3. The lowest BCUT2D eigenvalue weighted by atomic mass is 9.95. The highest BCUT2D eigenvalue weighted by Gasteiger charge is 2.52. The van der Waals surface area contributed by atoms with Gasteiger partial charge in [-0.25, -0.2) is 19.1 Å². The van der Waals surface area contributed by atoms with Gasteiger partial charge in [0.05, 0.1) is 25.5 Å². The van der Waals surface area contributed by atoms with Crippen LogP contribution in [0.3, 0.4) is 0 Å². The number of nitrogens with two attached hydrogens (primary N) is 1. The number of hydrogen-bond donors (Lipinski definition) is 2. The molecule has 286 valence electrons. The van der Waals surface area contributed by atoms with Gasteiger partial charge < -0.3 is 20.6 Å². The van der Waals surface area contributed by atoms with Crippen molar-refractivity contribution in [3.05, 3.63) is 118 Å². The zero-order valence-electron chi connectivity index (χ0n) is 30.8. The Balaban J connectivity index is 0.000000156. The number of pyridine rings is 1. The zero-order chi connectivity index (χ0) is 38.5. The molecule has 15 nitrogen and oxygen atoms in total. The summed E-state index contributed by atoms with van der Waals surface area (Å²) in [4.78, 5) is 56.0. The van der Waals surface area contributed by atoms with Gasteiger partial charge in [-0.1, -0.05) is 65.0 Å². The van der Waals surface area contributed by atoms with Gasteiger partial charge in [0.1, 0.15) is 11.5 Å². The molecule has 0 spiro atoms. The summed E-state index contributed by atoms with van der Waals surface area (Å²) in [5, 5.41) is 24.5. The number of piperidine rings is 2. The number of carboxylic acids is 1. The van der Waals surface area contributed by atoms with Crippen LogP contribution in [0.4, 0.5) is 5.82 Å². The van der Waals surface area contributed by atoms with Crippen LogP contribution in [0.2, 0.25) is 0 Å². The molecular formula is C41H42N10O5. The van der Waals surface area contributed by atoms with Gasteiger partial charge >= 0.3 is 5.97 Å². The van der Waals surface area contributed by atoms with Crippen LogP contribution < -0.4 is 5.73 Å². The number of hydrogen-bond acceptors (Lipinski definition) is 10. The summed E-state index contributed by atoms with van der Waals surface area (Å²) < 4.78 is 3.20. The molecule has 2 saturated carbocycles. The molecule has 5 heterocycles. The van der Waals surface area contributed by atoms with E-state index in [1.807, 2.05) is 52.3 Å². The topological polar surface area (TPSA) is 195 Å². The maximum absolute atomic E-state index is 12.8. The number of nitrogens with zero attached hydrogens (tertiary/aromatic N) is 9. The fraction of sp³-hybridized carbons (Fsp3) is 0.390. The van der Waals surface area contributed by atoms with Crippen molar-refractivity contribution in [3.63, 3.8) is 0 Å². The van der Waals surface area contributed by atoms with Crippen molar-refractivity contribution in [1.29, 1.82) is 0 Å². The number of carbonyl (C=O) groups is 4. The molecule has 5 unspecified atom stereocenters. The van der Waals surface area contributed by atoms with E-state index < -0.39 is 5.97 Å². The van der Waals surface area contributed by atoms with Crippen LogP contribution in [0.1, 0.15) is 86.1 Å². The first-order valence-corrected chi connectivity index (χ1v) is 19.2. The zero-order valence-corrected chi connectivity index (χ0v) is 30.8. The summed E-state index contributed by atoms with van der Waals surface area (Å²) in [6.07, 6.45) is 7.45. The molecule has 2 aliphatic heterocycles. The molecule has 3 aliphatic carbocycles. The lowest BCUT2D eigenvalue weighted by Crippen LogP contribution is -2.27. The number of ketones is 1. The third-order valence-electron chi connectivity index (χ3n) is 11.7. The summed E-state index contributed by atoms with van der Waals surface area (Å²) in [6, 6.07) is 20.0. The molecule has 3 aromatic heterocycles. The van der Waals surface area contributed by atoms with Gasteiger partial charge in [-0.2, -0.15) is 0 Å². The molecule has 56 heavy (non-hydrogen) atoms. The Labute approximate surface area is 322 Å². The van der Waals surface area contributed by atoms with Crippen molar-refractivity contribution in [2.75, 3.05) is 18.8 Å². The van der Waals surface area contributed by atoms with Crippen LogP contribution in [0.25, 0.3) is 0 Å². The van der Waals surface area contributed by atoms with Crippen molar-refractivity contribution in [2.24, 2.45) is 23.7 Å². The van der Waals surface area contributed by atoms with Crippen LogP contribution in [-0.2, 0) is 42.2 Å². The second-order valence-corrected chi connectivity index (χ2v) is 15.8. The number of carboxylic acid groups (broad SMARTS) is 1.